The van der Waals surface area contributed by atoms with Gasteiger partial charge < -0.3 is 5.32 Å². The third-order valence-corrected chi connectivity index (χ3v) is 5.79. The van der Waals surface area contributed by atoms with Crippen molar-refractivity contribution in [3.05, 3.63) is 44.8 Å². The molecule has 0 bridgehead atoms. The molecule has 1 N–H and O–H groups in total. The van der Waals surface area contributed by atoms with Crippen molar-refractivity contribution >= 4 is 28.6 Å². The lowest BCUT2D eigenvalue weighted by Crippen LogP contribution is -2.51. The van der Waals surface area contributed by atoms with Crippen LogP contribution in [0.4, 0.5) is 0 Å². The second kappa shape index (κ2) is 8.43. The van der Waals surface area contributed by atoms with E-state index in [-0.39, 0.29) is 18.4 Å². The van der Waals surface area contributed by atoms with Gasteiger partial charge in [-0.3, -0.25) is 9.69 Å². The molecule has 0 saturated carbocycles. The number of nitrogens with one attached hydrogen (secondary N) is 1. The fourth-order valence-corrected chi connectivity index (χ4v) is 3.74. The van der Waals surface area contributed by atoms with E-state index in [9.17, 15) is 10.1 Å². The predicted molar refractivity (Wildman–Crippen MR) is 99.8 cm³/mol. The molecule has 0 aliphatic heterocycles. The Morgan fingerprint density at radius 3 is 2.17 bits per heavy atom. The maximum Gasteiger partial charge on any atom is 0.235 e. The number of hydrogen-bond acceptors (Lipinski definition) is 5. The zero-order valence-corrected chi connectivity index (χ0v) is 15.9. The van der Waals surface area contributed by atoms with Crippen molar-refractivity contribution in [3.8, 4) is 6.07 Å². The summed E-state index contributed by atoms with van der Waals surface area (Å²) in [5.41, 5.74) is -0.839. The standard InChI is InChI=1S/C18H23N3OS2/c1-14(2)18(3,13-19)20-17(22)12-21(10-15-6-4-8-23-15)11-16-7-5-9-24-16/h4-9,14H,10-12H2,1-3H3,(H,20,22)/t18-/m1/s1. The molecular weight excluding hydrogens is 338 g/mol. The molecular formula is C18H23N3OS2. The Hall–Kier alpha value is -1.68. The van der Waals surface area contributed by atoms with E-state index in [1.54, 1.807) is 29.6 Å². The molecule has 0 aliphatic carbocycles. The average Bonchev–Trinajstić information content (AvgIpc) is 3.20. The lowest BCUT2D eigenvalue weighted by atomic mass is 9.90. The summed E-state index contributed by atoms with van der Waals surface area (Å²) in [5.74, 6) is -0.0599. The molecule has 128 valence electrons. The van der Waals surface area contributed by atoms with Gasteiger partial charge in [0.2, 0.25) is 5.91 Å². The van der Waals surface area contributed by atoms with Crippen molar-refractivity contribution in [1.29, 1.82) is 5.26 Å². The minimum atomic E-state index is -0.839. The number of nitriles is 1. The summed E-state index contributed by atoms with van der Waals surface area (Å²) in [6, 6.07) is 10.4. The van der Waals surface area contributed by atoms with Crippen LogP contribution in [-0.4, -0.2) is 22.9 Å². The summed E-state index contributed by atoms with van der Waals surface area (Å²) >= 11 is 3.38. The van der Waals surface area contributed by atoms with Crippen molar-refractivity contribution < 1.29 is 4.79 Å². The molecule has 0 spiro atoms. The minimum absolute atomic E-state index is 0.0505. The summed E-state index contributed by atoms with van der Waals surface area (Å²) < 4.78 is 0. The van der Waals surface area contributed by atoms with Crippen LogP contribution in [0.3, 0.4) is 0 Å². The molecule has 0 unspecified atom stereocenters. The van der Waals surface area contributed by atoms with Crippen LogP contribution in [0.5, 0.6) is 0 Å². The van der Waals surface area contributed by atoms with E-state index in [2.05, 4.69) is 28.4 Å². The number of amides is 1. The Kier molecular flexibility index (Phi) is 6.55. The lowest BCUT2D eigenvalue weighted by molar-refractivity contribution is -0.124. The average molecular weight is 362 g/mol. The molecule has 2 aromatic heterocycles. The normalized spacial score (nSPS) is 13.7. The zero-order valence-electron chi connectivity index (χ0n) is 14.3. The Balaban J connectivity index is 2.04. The van der Waals surface area contributed by atoms with Gasteiger partial charge in [-0.1, -0.05) is 26.0 Å². The van der Waals surface area contributed by atoms with Gasteiger partial charge in [-0.2, -0.15) is 5.26 Å². The molecule has 1 atom stereocenters. The Bertz CT molecular complexity index is 637. The quantitative estimate of drug-likeness (QED) is 0.776. The topological polar surface area (TPSA) is 56.1 Å². The first-order valence-electron chi connectivity index (χ1n) is 7.92. The van der Waals surface area contributed by atoms with Gasteiger partial charge in [0.1, 0.15) is 5.54 Å². The van der Waals surface area contributed by atoms with Crippen LogP contribution in [0.15, 0.2) is 35.0 Å². The predicted octanol–water partition coefficient (Wildman–Crippen LogP) is 3.87. The van der Waals surface area contributed by atoms with Crippen molar-refractivity contribution in [1.82, 2.24) is 10.2 Å². The molecule has 6 heteroatoms. The van der Waals surface area contributed by atoms with E-state index in [4.69, 9.17) is 0 Å². The van der Waals surface area contributed by atoms with E-state index in [1.165, 1.54) is 9.75 Å². The molecule has 0 aromatic carbocycles. The highest BCUT2D eigenvalue weighted by Gasteiger charge is 2.30. The second-order valence-corrected chi connectivity index (χ2v) is 8.39. The number of hydrogen-bond donors (Lipinski definition) is 1. The number of carbonyl (C=O) groups excluding carboxylic acids is 1. The van der Waals surface area contributed by atoms with E-state index in [0.29, 0.717) is 0 Å². The van der Waals surface area contributed by atoms with Crippen molar-refractivity contribution in [3.63, 3.8) is 0 Å². The first kappa shape index (κ1) is 18.7. The highest BCUT2D eigenvalue weighted by Crippen LogP contribution is 2.18. The monoisotopic (exact) mass is 361 g/mol. The molecule has 0 aliphatic rings. The number of thiophene rings is 2. The molecule has 2 rings (SSSR count). The SMILES string of the molecule is CC(C)[C@@](C)(C#N)NC(=O)CN(Cc1cccs1)Cc1cccs1. The van der Waals surface area contributed by atoms with Gasteiger partial charge in [0.25, 0.3) is 0 Å². The third-order valence-electron chi connectivity index (χ3n) is 4.07. The van der Waals surface area contributed by atoms with Crippen molar-refractivity contribution in [2.24, 2.45) is 5.92 Å². The van der Waals surface area contributed by atoms with Crippen LogP contribution in [-0.2, 0) is 17.9 Å². The summed E-state index contributed by atoms with van der Waals surface area (Å²) in [7, 11) is 0. The maximum absolute atomic E-state index is 12.5. The van der Waals surface area contributed by atoms with Crippen LogP contribution in [0.25, 0.3) is 0 Å². The Morgan fingerprint density at radius 1 is 1.25 bits per heavy atom. The molecule has 24 heavy (non-hydrogen) atoms. The summed E-state index contributed by atoms with van der Waals surface area (Å²) in [6.07, 6.45) is 0. The van der Waals surface area contributed by atoms with E-state index >= 15 is 0 Å². The molecule has 0 fully saturated rings. The smallest absolute Gasteiger partial charge is 0.235 e. The van der Waals surface area contributed by atoms with Gasteiger partial charge in [-0.25, -0.2) is 0 Å². The lowest BCUT2D eigenvalue weighted by Gasteiger charge is -2.29. The molecule has 0 saturated heterocycles. The van der Waals surface area contributed by atoms with Gasteiger partial charge in [-0.05, 0) is 35.7 Å². The van der Waals surface area contributed by atoms with Gasteiger partial charge in [0.05, 0.1) is 12.6 Å². The molecule has 1 amide bonds. The van der Waals surface area contributed by atoms with E-state index in [0.717, 1.165) is 13.1 Å². The molecule has 2 heterocycles. The molecule has 2 aromatic rings. The van der Waals surface area contributed by atoms with E-state index < -0.39 is 5.54 Å². The summed E-state index contributed by atoms with van der Waals surface area (Å²) in [4.78, 5) is 17.1. The maximum atomic E-state index is 12.5. The van der Waals surface area contributed by atoms with Gasteiger partial charge in [0.15, 0.2) is 0 Å². The molecule has 4 nitrogen and oxygen atoms in total. The van der Waals surface area contributed by atoms with Crippen LogP contribution in [0.1, 0.15) is 30.5 Å². The second-order valence-electron chi connectivity index (χ2n) is 6.32. The third kappa shape index (κ3) is 5.17. The first-order valence-corrected chi connectivity index (χ1v) is 9.68. The first-order chi connectivity index (χ1) is 11.4. The zero-order chi connectivity index (χ0) is 17.6. The molecule has 0 radical (unpaired) electrons. The fourth-order valence-electron chi connectivity index (χ4n) is 2.25. The fraction of sp³-hybridized carbons (Fsp3) is 0.444. The highest BCUT2D eigenvalue weighted by atomic mass is 32.1. The van der Waals surface area contributed by atoms with Crippen LogP contribution in [0, 0.1) is 17.2 Å². The van der Waals surface area contributed by atoms with Gasteiger partial charge in [-0.15, -0.1) is 22.7 Å². The Morgan fingerprint density at radius 2 is 1.79 bits per heavy atom. The van der Waals surface area contributed by atoms with Gasteiger partial charge >= 0.3 is 0 Å². The summed E-state index contributed by atoms with van der Waals surface area (Å²) in [5, 5.41) is 16.4. The van der Waals surface area contributed by atoms with Crippen LogP contribution in [0.2, 0.25) is 0 Å². The number of rotatable bonds is 8. The number of carbonyl (C=O) groups is 1. The van der Waals surface area contributed by atoms with Crippen molar-refractivity contribution in [2.75, 3.05) is 6.54 Å². The van der Waals surface area contributed by atoms with E-state index in [1.807, 2.05) is 36.7 Å². The summed E-state index contributed by atoms with van der Waals surface area (Å²) in [6.45, 7) is 7.40. The minimum Gasteiger partial charge on any atom is -0.337 e. The Labute approximate surface area is 151 Å². The van der Waals surface area contributed by atoms with Gasteiger partial charge in [0, 0.05) is 22.8 Å². The highest BCUT2D eigenvalue weighted by molar-refractivity contribution is 7.10. The largest absolute Gasteiger partial charge is 0.337 e. The van der Waals surface area contributed by atoms with Crippen LogP contribution >= 0.6 is 22.7 Å². The van der Waals surface area contributed by atoms with Crippen LogP contribution < -0.4 is 5.32 Å². The number of nitrogens with zero attached hydrogens (tertiary/aromatic N) is 2. The van der Waals surface area contributed by atoms with Crippen molar-refractivity contribution in [2.45, 2.75) is 39.4 Å².